The average Bonchev–Trinajstić information content (AvgIpc) is 2.35. The molecule has 1 rings (SSSR count). The SMILES string of the molecule is CC[I-]c1noc(C(F)(F)F)n1. The molecule has 0 aliphatic heterocycles. The van der Waals surface area contributed by atoms with Crippen LogP contribution in [0.1, 0.15) is 12.8 Å². The third kappa shape index (κ3) is 2.32. The molecule has 0 aromatic carbocycles. The molecule has 1 heterocycles. The summed E-state index contributed by atoms with van der Waals surface area (Å²) in [5.74, 6) is -1.24. The first-order valence-corrected chi connectivity index (χ1v) is 5.64. The van der Waals surface area contributed by atoms with E-state index in [1.165, 1.54) is 0 Å². The summed E-state index contributed by atoms with van der Waals surface area (Å²) < 4.78 is 40.6. The van der Waals surface area contributed by atoms with E-state index in [-0.39, 0.29) is 3.83 Å². The van der Waals surface area contributed by atoms with Gasteiger partial charge in [0.05, 0.1) is 0 Å². The van der Waals surface area contributed by atoms with Gasteiger partial charge >= 0.3 is 76.3 Å². The molecule has 1 aromatic heterocycles. The Morgan fingerprint density at radius 3 is 2.58 bits per heavy atom. The van der Waals surface area contributed by atoms with Gasteiger partial charge < -0.3 is 0 Å². The summed E-state index contributed by atoms with van der Waals surface area (Å²) in [5, 5.41) is 3.22. The second-order valence-corrected chi connectivity index (χ2v) is 5.02. The fourth-order valence-corrected chi connectivity index (χ4v) is 1.80. The van der Waals surface area contributed by atoms with Gasteiger partial charge in [0.25, 0.3) is 0 Å². The van der Waals surface area contributed by atoms with E-state index in [0.29, 0.717) is 0 Å². The van der Waals surface area contributed by atoms with E-state index in [2.05, 4.69) is 14.7 Å². The molecule has 0 saturated carbocycles. The Balaban J connectivity index is 2.77. The van der Waals surface area contributed by atoms with Gasteiger partial charge in [0.2, 0.25) is 0 Å². The molecular weight excluding hydrogens is 288 g/mol. The van der Waals surface area contributed by atoms with Crippen LogP contribution in [0.25, 0.3) is 0 Å². The number of aromatic nitrogens is 2. The first-order valence-electron chi connectivity index (χ1n) is 3.04. The maximum absolute atomic E-state index is 11.9. The molecule has 1 aromatic rings. The second kappa shape index (κ2) is 3.58. The van der Waals surface area contributed by atoms with Gasteiger partial charge in [-0.2, -0.15) is 0 Å². The molecule has 0 atom stereocenters. The standard InChI is InChI=1S/C5H5F3IN2O/c1-2-9-4-10-3(12-11-4)5(6,7)8/h2H2,1H3/q-1. The van der Waals surface area contributed by atoms with Crippen LogP contribution >= 0.6 is 0 Å². The first-order chi connectivity index (χ1) is 5.54. The zero-order chi connectivity index (χ0) is 9.19. The third-order valence-corrected chi connectivity index (χ3v) is 2.78. The monoisotopic (exact) mass is 293 g/mol. The van der Waals surface area contributed by atoms with Crippen LogP contribution in [0.5, 0.6) is 0 Å². The molecule has 0 N–H and O–H groups in total. The molecule has 12 heavy (non-hydrogen) atoms. The summed E-state index contributed by atoms with van der Waals surface area (Å²) >= 11 is -0.514. The van der Waals surface area contributed by atoms with E-state index < -0.39 is 33.3 Å². The third-order valence-electron chi connectivity index (χ3n) is 0.897. The molecule has 7 heteroatoms. The van der Waals surface area contributed by atoms with E-state index in [0.717, 1.165) is 4.43 Å². The summed E-state index contributed by atoms with van der Waals surface area (Å²) in [6.07, 6.45) is -4.51. The Morgan fingerprint density at radius 1 is 1.50 bits per heavy atom. The van der Waals surface area contributed by atoms with Crippen molar-refractivity contribution in [3.05, 3.63) is 9.72 Å². The van der Waals surface area contributed by atoms with Gasteiger partial charge in [0.1, 0.15) is 0 Å². The van der Waals surface area contributed by atoms with Gasteiger partial charge in [-0.3, -0.25) is 0 Å². The molecule has 0 radical (unpaired) electrons. The molecule has 0 fully saturated rings. The summed E-state index contributed by atoms with van der Waals surface area (Å²) in [5.41, 5.74) is 0. The Hall–Kier alpha value is -0.340. The predicted octanol–water partition coefficient (Wildman–Crippen LogP) is -1.63. The van der Waals surface area contributed by atoms with E-state index in [1.54, 1.807) is 0 Å². The van der Waals surface area contributed by atoms with E-state index >= 15 is 0 Å². The van der Waals surface area contributed by atoms with Gasteiger partial charge in [-0.05, 0) is 0 Å². The Labute approximate surface area is 76.6 Å². The van der Waals surface area contributed by atoms with Crippen LogP contribution in [0.3, 0.4) is 0 Å². The van der Waals surface area contributed by atoms with Crippen LogP contribution in [0, 0.1) is 3.83 Å². The minimum absolute atomic E-state index is 0.212. The Kier molecular flexibility index (Phi) is 2.91. The maximum atomic E-state index is 11.9. The van der Waals surface area contributed by atoms with Crippen LogP contribution in [-0.2, 0) is 6.18 Å². The number of hydrogen-bond donors (Lipinski definition) is 0. The molecular formula is C5H5F3IN2O-. The summed E-state index contributed by atoms with van der Waals surface area (Å²) in [7, 11) is 0. The molecule has 3 nitrogen and oxygen atoms in total. The molecule has 0 spiro atoms. The molecule has 0 unspecified atom stereocenters. The van der Waals surface area contributed by atoms with Crippen LogP contribution in [0.15, 0.2) is 4.52 Å². The summed E-state index contributed by atoms with van der Waals surface area (Å²) in [4.78, 5) is 3.22. The fourth-order valence-electron chi connectivity index (χ4n) is 0.494. The van der Waals surface area contributed by atoms with Crippen molar-refractivity contribution in [1.82, 2.24) is 10.1 Å². The van der Waals surface area contributed by atoms with Crippen molar-refractivity contribution in [1.29, 1.82) is 0 Å². The van der Waals surface area contributed by atoms with Gasteiger partial charge in [-0.25, -0.2) is 0 Å². The van der Waals surface area contributed by atoms with Gasteiger partial charge in [0.15, 0.2) is 0 Å². The predicted molar refractivity (Wildman–Crippen MR) is 28.5 cm³/mol. The van der Waals surface area contributed by atoms with Crippen molar-refractivity contribution in [2.24, 2.45) is 0 Å². The van der Waals surface area contributed by atoms with E-state index in [1.807, 2.05) is 6.92 Å². The van der Waals surface area contributed by atoms with Crippen molar-refractivity contribution in [3.63, 3.8) is 0 Å². The first kappa shape index (κ1) is 9.75. The normalized spacial score (nSPS) is 12.3. The van der Waals surface area contributed by atoms with E-state index in [9.17, 15) is 13.2 Å². The van der Waals surface area contributed by atoms with Gasteiger partial charge in [0, 0.05) is 0 Å². The average molecular weight is 293 g/mol. The Bertz CT molecular complexity index is 259. The zero-order valence-corrected chi connectivity index (χ0v) is 8.18. The van der Waals surface area contributed by atoms with E-state index in [4.69, 9.17) is 0 Å². The summed E-state index contributed by atoms with van der Waals surface area (Å²) in [6.45, 7) is 1.87. The van der Waals surface area contributed by atoms with Crippen LogP contribution in [-0.4, -0.2) is 14.6 Å². The number of nitrogens with zero attached hydrogens (tertiary/aromatic N) is 2. The molecule has 0 aliphatic carbocycles. The van der Waals surface area contributed by atoms with Crippen LogP contribution in [0.2, 0.25) is 0 Å². The number of rotatable bonds is 2. The van der Waals surface area contributed by atoms with Gasteiger partial charge in [-0.15, -0.1) is 0 Å². The molecule has 0 saturated heterocycles. The molecule has 0 bridgehead atoms. The Morgan fingerprint density at radius 2 is 2.17 bits per heavy atom. The fraction of sp³-hybridized carbons (Fsp3) is 0.600. The molecule has 70 valence electrons. The van der Waals surface area contributed by atoms with Gasteiger partial charge in [-0.1, -0.05) is 0 Å². The quantitative estimate of drug-likeness (QED) is 0.485. The number of halogens is 4. The van der Waals surface area contributed by atoms with Crippen molar-refractivity contribution < 1.29 is 38.9 Å². The molecule has 0 amide bonds. The van der Waals surface area contributed by atoms with Crippen molar-refractivity contribution in [2.75, 3.05) is 4.43 Å². The van der Waals surface area contributed by atoms with Crippen LogP contribution < -0.4 is 21.2 Å². The van der Waals surface area contributed by atoms with Crippen LogP contribution in [0.4, 0.5) is 13.2 Å². The number of alkyl halides is 4. The molecule has 0 aliphatic rings. The minimum atomic E-state index is -4.51. The zero-order valence-electron chi connectivity index (χ0n) is 6.02. The van der Waals surface area contributed by atoms with Crippen molar-refractivity contribution in [3.8, 4) is 0 Å². The number of hydrogen-bond acceptors (Lipinski definition) is 3. The van der Waals surface area contributed by atoms with Crippen molar-refractivity contribution in [2.45, 2.75) is 13.1 Å². The second-order valence-electron chi connectivity index (χ2n) is 1.77. The summed E-state index contributed by atoms with van der Waals surface area (Å²) in [6, 6.07) is 0. The van der Waals surface area contributed by atoms with Crippen molar-refractivity contribution >= 4 is 0 Å². The topological polar surface area (TPSA) is 38.9 Å².